The topological polar surface area (TPSA) is 49.0 Å². The number of aromatic nitrogens is 2. The fourth-order valence-corrected chi connectivity index (χ4v) is 4.55. The second-order valence-electron chi connectivity index (χ2n) is 6.84. The van der Waals surface area contributed by atoms with Gasteiger partial charge < -0.3 is 9.88 Å². The number of hydrogen-bond donors (Lipinski definition) is 1. The zero-order valence-corrected chi connectivity index (χ0v) is 15.7. The van der Waals surface area contributed by atoms with E-state index in [4.69, 9.17) is 4.98 Å². The number of nitrogens with one attached hydrogen (secondary N) is 1. The molecular formula is C21H23N3OS. The lowest BCUT2D eigenvalue weighted by Crippen LogP contribution is -2.42. The van der Waals surface area contributed by atoms with Crippen LogP contribution in [0, 0.1) is 0 Å². The number of carbonyl (C=O) groups is 1. The number of carbonyl (C=O) groups excluding carboxylic acids is 1. The second kappa shape index (κ2) is 7.54. The number of rotatable bonds is 4. The molecule has 2 aromatic carbocycles. The number of aromatic amines is 1. The van der Waals surface area contributed by atoms with Crippen molar-refractivity contribution in [1.82, 2.24) is 14.9 Å². The van der Waals surface area contributed by atoms with Crippen molar-refractivity contribution < 1.29 is 4.79 Å². The highest BCUT2D eigenvalue weighted by Gasteiger charge is 2.29. The Labute approximate surface area is 158 Å². The monoisotopic (exact) mass is 365 g/mol. The van der Waals surface area contributed by atoms with Crippen LogP contribution >= 0.6 is 11.8 Å². The van der Waals surface area contributed by atoms with Crippen LogP contribution in [0.4, 0.5) is 0 Å². The van der Waals surface area contributed by atoms with Gasteiger partial charge in [-0.05, 0) is 44.0 Å². The quantitative estimate of drug-likeness (QED) is 0.695. The van der Waals surface area contributed by atoms with Gasteiger partial charge in [0.25, 0.3) is 0 Å². The average Bonchev–Trinajstić information content (AvgIpc) is 3.12. The minimum atomic E-state index is -0.0770. The highest BCUT2D eigenvalue weighted by Crippen LogP contribution is 2.29. The summed E-state index contributed by atoms with van der Waals surface area (Å²) in [6.45, 7) is 3.60. The molecular weight excluding hydrogens is 342 g/mol. The Morgan fingerprint density at radius 3 is 2.77 bits per heavy atom. The highest BCUT2D eigenvalue weighted by atomic mass is 32.2. The summed E-state index contributed by atoms with van der Waals surface area (Å²) >= 11 is 1.63. The van der Waals surface area contributed by atoms with Crippen LogP contribution in [0.5, 0.6) is 0 Å². The maximum absolute atomic E-state index is 12.9. The van der Waals surface area contributed by atoms with Crippen LogP contribution in [0.25, 0.3) is 11.0 Å². The van der Waals surface area contributed by atoms with Gasteiger partial charge in [-0.25, -0.2) is 4.98 Å². The molecule has 3 aromatic rings. The van der Waals surface area contributed by atoms with E-state index < -0.39 is 0 Å². The third-order valence-corrected chi connectivity index (χ3v) is 6.03. The minimum absolute atomic E-state index is 0.0770. The van der Waals surface area contributed by atoms with E-state index in [9.17, 15) is 4.79 Å². The zero-order chi connectivity index (χ0) is 17.9. The van der Waals surface area contributed by atoms with E-state index in [1.54, 1.807) is 11.8 Å². The smallest absolute Gasteiger partial charge is 0.235 e. The van der Waals surface area contributed by atoms with Crippen molar-refractivity contribution >= 4 is 28.7 Å². The second-order valence-corrected chi connectivity index (χ2v) is 8.25. The van der Waals surface area contributed by atoms with Crippen LogP contribution in [-0.2, 0) is 4.79 Å². The number of thioether (sulfide) groups is 1. The number of imidazole rings is 1. The van der Waals surface area contributed by atoms with Gasteiger partial charge >= 0.3 is 0 Å². The molecule has 1 N–H and O–H groups in total. The van der Waals surface area contributed by atoms with E-state index in [1.807, 2.05) is 48.2 Å². The molecule has 1 saturated heterocycles. The number of piperidine rings is 1. The Bertz CT molecular complexity index is 859. The number of likely N-dealkylation sites (tertiary alicyclic amines) is 1. The molecule has 5 heteroatoms. The predicted octanol–water partition coefficient (Wildman–Crippen LogP) is 4.45. The number of hydrogen-bond acceptors (Lipinski definition) is 3. The Balaban J connectivity index is 1.44. The molecule has 26 heavy (non-hydrogen) atoms. The van der Waals surface area contributed by atoms with E-state index in [-0.39, 0.29) is 17.1 Å². The molecule has 4 nitrogen and oxygen atoms in total. The predicted molar refractivity (Wildman–Crippen MR) is 106 cm³/mol. The molecule has 1 aliphatic rings. The van der Waals surface area contributed by atoms with Crippen molar-refractivity contribution in [2.45, 2.75) is 35.8 Å². The van der Waals surface area contributed by atoms with Gasteiger partial charge in [0.05, 0.1) is 16.3 Å². The summed E-state index contributed by atoms with van der Waals surface area (Å²) in [5, 5.41) is -0.0770. The number of amides is 1. The van der Waals surface area contributed by atoms with Crippen LogP contribution in [0.1, 0.15) is 31.5 Å². The van der Waals surface area contributed by atoms with Crippen LogP contribution in [-0.4, -0.2) is 39.1 Å². The molecule has 1 aromatic heterocycles. The van der Waals surface area contributed by atoms with E-state index in [2.05, 4.69) is 23.2 Å². The molecule has 0 saturated carbocycles. The van der Waals surface area contributed by atoms with Crippen molar-refractivity contribution in [3.63, 3.8) is 0 Å². The van der Waals surface area contributed by atoms with Crippen LogP contribution in [0.3, 0.4) is 0 Å². The van der Waals surface area contributed by atoms with Crippen molar-refractivity contribution in [3.8, 4) is 0 Å². The molecule has 0 unspecified atom stereocenters. The molecule has 134 valence electrons. The molecule has 1 amide bonds. The Hall–Kier alpha value is -2.27. The average molecular weight is 366 g/mol. The molecule has 0 spiro atoms. The van der Waals surface area contributed by atoms with Gasteiger partial charge in [-0.3, -0.25) is 4.79 Å². The third-order valence-electron chi connectivity index (χ3n) is 4.93. The molecule has 4 rings (SSSR count). The molecule has 1 fully saturated rings. The fourth-order valence-electron chi connectivity index (χ4n) is 3.58. The molecule has 2 heterocycles. The molecule has 0 aliphatic carbocycles. The van der Waals surface area contributed by atoms with E-state index in [0.29, 0.717) is 0 Å². The largest absolute Gasteiger partial charge is 0.342 e. The summed E-state index contributed by atoms with van der Waals surface area (Å²) in [5.41, 5.74) is 2.07. The molecule has 2 atom stereocenters. The van der Waals surface area contributed by atoms with E-state index in [0.717, 1.165) is 47.7 Å². The Morgan fingerprint density at radius 1 is 1.19 bits per heavy atom. The van der Waals surface area contributed by atoms with Crippen molar-refractivity contribution in [3.05, 3.63) is 60.4 Å². The lowest BCUT2D eigenvalue weighted by Gasteiger charge is -2.33. The van der Waals surface area contributed by atoms with Crippen LogP contribution < -0.4 is 0 Å². The summed E-state index contributed by atoms with van der Waals surface area (Å²) < 4.78 is 0. The fraction of sp³-hybridized carbons (Fsp3) is 0.333. The summed E-state index contributed by atoms with van der Waals surface area (Å²) in [4.78, 5) is 24.3. The van der Waals surface area contributed by atoms with Crippen LogP contribution in [0.2, 0.25) is 0 Å². The zero-order valence-electron chi connectivity index (χ0n) is 14.9. The maximum Gasteiger partial charge on any atom is 0.235 e. The van der Waals surface area contributed by atoms with Gasteiger partial charge in [0.2, 0.25) is 5.91 Å². The first-order valence-electron chi connectivity index (χ1n) is 9.16. The van der Waals surface area contributed by atoms with E-state index in [1.165, 1.54) is 0 Å². The molecule has 0 bridgehead atoms. The first-order chi connectivity index (χ1) is 12.7. The van der Waals surface area contributed by atoms with Gasteiger partial charge in [0, 0.05) is 23.9 Å². The first-order valence-corrected chi connectivity index (χ1v) is 10.0. The lowest BCUT2D eigenvalue weighted by molar-refractivity contribution is -0.131. The van der Waals surface area contributed by atoms with Crippen molar-refractivity contribution in [2.75, 3.05) is 13.1 Å². The van der Waals surface area contributed by atoms with Crippen LogP contribution in [0.15, 0.2) is 59.5 Å². The summed E-state index contributed by atoms with van der Waals surface area (Å²) in [6.07, 6.45) is 2.10. The third kappa shape index (κ3) is 3.63. The Morgan fingerprint density at radius 2 is 1.96 bits per heavy atom. The van der Waals surface area contributed by atoms with E-state index >= 15 is 0 Å². The highest BCUT2D eigenvalue weighted by molar-refractivity contribution is 8.00. The lowest BCUT2D eigenvalue weighted by atomic mass is 9.97. The number of para-hydroxylation sites is 2. The molecule has 1 aliphatic heterocycles. The van der Waals surface area contributed by atoms with Crippen molar-refractivity contribution in [2.24, 2.45) is 0 Å². The van der Waals surface area contributed by atoms with Gasteiger partial charge in [-0.1, -0.05) is 30.3 Å². The summed E-state index contributed by atoms with van der Waals surface area (Å²) in [5.74, 6) is 1.51. The first kappa shape index (κ1) is 17.2. The van der Waals surface area contributed by atoms with Gasteiger partial charge in [-0.2, -0.15) is 0 Å². The number of fused-ring (bicyclic) bond motifs is 1. The minimum Gasteiger partial charge on any atom is -0.342 e. The van der Waals surface area contributed by atoms with Gasteiger partial charge in [-0.15, -0.1) is 11.8 Å². The SMILES string of the molecule is C[C@H](Sc1ccccc1)C(=O)N1CCC[C@@H](c2nc3ccccc3[nH]2)C1. The summed E-state index contributed by atoms with van der Waals surface area (Å²) in [6, 6.07) is 18.2. The molecule has 0 radical (unpaired) electrons. The number of nitrogens with zero attached hydrogens (tertiary/aromatic N) is 2. The van der Waals surface area contributed by atoms with Gasteiger partial charge in [0.15, 0.2) is 0 Å². The summed E-state index contributed by atoms with van der Waals surface area (Å²) in [7, 11) is 0. The van der Waals surface area contributed by atoms with Crippen molar-refractivity contribution in [1.29, 1.82) is 0 Å². The maximum atomic E-state index is 12.9. The Kier molecular flexibility index (Phi) is 4.98. The van der Waals surface area contributed by atoms with Gasteiger partial charge in [0.1, 0.15) is 5.82 Å². The normalized spacial score (nSPS) is 18.8. The standard InChI is InChI=1S/C21H23N3OS/c1-15(26-17-9-3-2-4-10-17)21(25)24-13-7-8-16(14-24)20-22-18-11-5-6-12-19(18)23-20/h2-6,9-12,15-16H,7-8,13-14H2,1H3,(H,22,23)/t15-,16+/m0/s1. The number of benzene rings is 2. The number of H-pyrrole nitrogens is 1.